The minimum atomic E-state index is -0.188. The SMILES string of the molecule is COc1ccc(-c2noc(CN3CCCC(C(=O)NC(c4ccccc4)c4cccc(C)c4)C3)n2)cc1. The lowest BCUT2D eigenvalue weighted by molar-refractivity contribution is -0.127. The van der Waals surface area contributed by atoms with E-state index in [0.717, 1.165) is 41.8 Å². The number of aryl methyl sites for hydroxylation is 1. The van der Waals surface area contributed by atoms with Crippen molar-refractivity contribution < 1.29 is 14.1 Å². The van der Waals surface area contributed by atoms with Gasteiger partial charge in [-0.05, 0) is 61.7 Å². The molecule has 37 heavy (non-hydrogen) atoms. The minimum Gasteiger partial charge on any atom is -0.497 e. The number of nitrogens with zero attached hydrogens (tertiary/aromatic N) is 3. The summed E-state index contributed by atoms with van der Waals surface area (Å²) in [5.74, 6) is 1.85. The van der Waals surface area contributed by atoms with E-state index in [2.05, 4.69) is 57.6 Å². The Morgan fingerprint density at radius 3 is 2.62 bits per heavy atom. The van der Waals surface area contributed by atoms with Crippen LogP contribution in [0.25, 0.3) is 11.4 Å². The summed E-state index contributed by atoms with van der Waals surface area (Å²) >= 11 is 0. The van der Waals surface area contributed by atoms with Crippen molar-refractivity contribution in [1.29, 1.82) is 0 Å². The predicted octanol–water partition coefficient (Wildman–Crippen LogP) is 5.17. The quantitative estimate of drug-likeness (QED) is 0.362. The van der Waals surface area contributed by atoms with Crippen molar-refractivity contribution >= 4 is 5.91 Å². The molecule has 0 spiro atoms. The lowest BCUT2D eigenvalue weighted by atomic mass is 9.93. The maximum Gasteiger partial charge on any atom is 0.241 e. The molecule has 1 aliphatic heterocycles. The molecule has 2 heterocycles. The van der Waals surface area contributed by atoms with Gasteiger partial charge >= 0.3 is 0 Å². The Morgan fingerprint density at radius 2 is 1.86 bits per heavy atom. The summed E-state index contributed by atoms with van der Waals surface area (Å²) in [6, 6.07) is 25.9. The lowest BCUT2D eigenvalue weighted by Crippen LogP contribution is -2.43. The van der Waals surface area contributed by atoms with E-state index in [0.29, 0.717) is 24.8 Å². The van der Waals surface area contributed by atoms with Gasteiger partial charge in [0.25, 0.3) is 0 Å². The topological polar surface area (TPSA) is 80.5 Å². The Bertz CT molecular complexity index is 1320. The number of carbonyl (C=O) groups excluding carboxylic acids is 1. The van der Waals surface area contributed by atoms with Gasteiger partial charge in [0.15, 0.2) is 0 Å². The van der Waals surface area contributed by atoms with Crippen LogP contribution in [0.4, 0.5) is 0 Å². The van der Waals surface area contributed by atoms with Gasteiger partial charge in [-0.2, -0.15) is 4.98 Å². The molecular formula is C30H32N4O3. The van der Waals surface area contributed by atoms with Crippen LogP contribution in [-0.2, 0) is 11.3 Å². The fraction of sp³-hybridized carbons (Fsp3) is 0.300. The summed E-state index contributed by atoms with van der Waals surface area (Å²) < 4.78 is 10.7. The normalized spacial score (nSPS) is 16.8. The monoisotopic (exact) mass is 496 g/mol. The first-order valence-electron chi connectivity index (χ1n) is 12.7. The van der Waals surface area contributed by atoms with E-state index in [1.54, 1.807) is 7.11 Å². The predicted molar refractivity (Wildman–Crippen MR) is 142 cm³/mol. The van der Waals surface area contributed by atoms with E-state index >= 15 is 0 Å². The van der Waals surface area contributed by atoms with E-state index in [4.69, 9.17) is 9.26 Å². The van der Waals surface area contributed by atoms with Crippen LogP contribution in [0.5, 0.6) is 5.75 Å². The number of piperidine rings is 1. The van der Waals surface area contributed by atoms with Crippen LogP contribution in [0.1, 0.15) is 41.5 Å². The highest BCUT2D eigenvalue weighted by atomic mass is 16.5. The molecular weight excluding hydrogens is 464 g/mol. The second-order valence-corrected chi connectivity index (χ2v) is 9.58. The van der Waals surface area contributed by atoms with Crippen LogP contribution in [0, 0.1) is 12.8 Å². The van der Waals surface area contributed by atoms with Crippen LogP contribution >= 0.6 is 0 Å². The third-order valence-corrected chi connectivity index (χ3v) is 6.85. The molecule has 5 rings (SSSR count). The van der Waals surface area contributed by atoms with Crippen molar-refractivity contribution in [3.05, 3.63) is 101 Å². The Kier molecular flexibility index (Phi) is 7.61. The lowest BCUT2D eigenvalue weighted by Gasteiger charge is -2.32. The zero-order valence-corrected chi connectivity index (χ0v) is 21.3. The van der Waals surface area contributed by atoms with Crippen LogP contribution in [-0.4, -0.2) is 41.1 Å². The number of ether oxygens (including phenoxy) is 1. The summed E-state index contributed by atoms with van der Waals surface area (Å²) in [5.41, 5.74) is 4.20. The zero-order chi connectivity index (χ0) is 25.6. The number of likely N-dealkylation sites (tertiary alicyclic amines) is 1. The first-order chi connectivity index (χ1) is 18.1. The number of benzene rings is 3. The molecule has 7 heteroatoms. The molecule has 1 N–H and O–H groups in total. The summed E-state index contributed by atoms with van der Waals surface area (Å²) in [4.78, 5) is 20.3. The van der Waals surface area contributed by atoms with Gasteiger partial charge in [-0.1, -0.05) is 65.3 Å². The molecule has 0 radical (unpaired) electrons. The second kappa shape index (κ2) is 11.4. The van der Waals surface area contributed by atoms with Crippen molar-refractivity contribution in [2.75, 3.05) is 20.2 Å². The first kappa shape index (κ1) is 24.7. The molecule has 4 aromatic rings. The number of hydrogen-bond donors (Lipinski definition) is 1. The molecule has 1 amide bonds. The number of aromatic nitrogens is 2. The standard InChI is InChI=1S/C30H32N4O3/c1-21-8-6-11-24(18-21)28(22-9-4-3-5-10-22)32-30(35)25-12-7-17-34(19-25)20-27-31-29(33-37-27)23-13-15-26(36-2)16-14-23/h3-6,8-11,13-16,18,25,28H,7,12,17,19-20H2,1-2H3,(H,32,35). The highest BCUT2D eigenvalue weighted by molar-refractivity contribution is 5.80. The summed E-state index contributed by atoms with van der Waals surface area (Å²) in [6.45, 7) is 4.14. The first-order valence-corrected chi connectivity index (χ1v) is 12.7. The molecule has 0 bridgehead atoms. The second-order valence-electron chi connectivity index (χ2n) is 9.58. The molecule has 1 saturated heterocycles. The molecule has 7 nitrogen and oxygen atoms in total. The Labute approximate surface area is 217 Å². The fourth-order valence-electron chi connectivity index (χ4n) is 4.90. The van der Waals surface area contributed by atoms with Crippen molar-refractivity contribution in [3.8, 4) is 17.1 Å². The van der Waals surface area contributed by atoms with Crippen LogP contribution in [0.2, 0.25) is 0 Å². The van der Waals surface area contributed by atoms with Crippen molar-refractivity contribution in [1.82, 2.24) is 20.4 Å². The average molecular weight is 497 g/mol. The van der Waals surface area contributed by atoms with E-state index < -0.39 is 0 Å². The van der Waals surface area contributed by atoms with Crippen LogP contribution < -0.4 is 10.1 Å². The third-order valence-electron chi connectivity index (χ3n) is 6.85. The highest BCUT2D eigenvalue weighted by Crippen LogP contribution is 2.26. The van der Waals surface area contributed by atoms with E-state index in [-0.39, 0.29) is 17.9 Å². The number of amides is 1. The molecule has 1 aliphatic rings. The summed E-state index contributed by atoms with van der Waals surface area (Å²) in [6.07, 6.45) is 1.80. The van der Waals surface area contributed by atoms with Gasteiger partial charge in [0, 0.05) is 12.1 Å². The maximum absolute atomic E-state index is 13.5. The number of rotatable bonds is 8. The van der Waals surface area contributed by atoms with Crippen LogP contribution in [0.3, 0.4) is 0 Å². The maximum atomic E-state index is 13.5. The molecule has 3 aromatic carbocycles. The van der Waals surface area contributed by atoms with E-state index in [9.17, 15) is 4.79 Å². The smallest absolute Gasteiger partial charge is 0.241 e. The number of methoxy groups -OCH3 is 1. The minimum absolute atomic E-state index is 0.0736. The molecule has 0 aliphatic carbocycles. The summed E-state index contributed by atoms with van der Waals surface area (Å²) in [7, 11) is 1.64. The molecule has 1 aromatic heterocycles. The number of hydrogen-bond acceptors (Lipinski definition) is 6. The van der Waals surface area contributed by atoms with Gasteiger partial charge in [-0.25, -0.2) is 0 Å². The molecule has 1 fully saturated rings. The molecule has 2 atom stereocenters. The van der Waals surface area contributed by atoms with Crippen molar-refractivity contribution in [2.45, 2.75) is 32.4 Å². The van der Waals surface area contributed by atoms with Gasteiger partial charge < -0.3 is 14.6 Å². The van der Waals surface area contributed by atoms with Crippen molar-refractivity contribution in [3.63, 3.8) is 0 Å². The van der Waals surface area contributed by atoms with Gasteiger partial charge in [0.1, 0.15) is 5.75 Å². The van der Waals surface area contributed by atoms with E-state index in [1.807, 2.05) is 48.5 Å². The van der Waals surface area contributed by atoms with Crippen LogP contribution in [0.15, 0.2) is 83.4 Å². The van der Waals surface area contributed by atoms with Gasteiger partial charge in [0.05, 0.1) is 25.6 Å². The third kappa shape index (κ3) is 6.06. The Balaban J connectivity index is 1.25. The molecule has 0 saturated carbocycles. The van der Waals surface area contributed by atoms with Gasteiger partial charge in [-0.3, -0.25) is 9.69 Å². The van der Waals surface area contributed by atoms with Crippen molar-refractivity contribution in [2.24, 2.45) is 5.92 Å². The molecule has 2 unspecified atom stereocenters. The van der Waals surface area contributed by atoms with Gasteiger partial charge in [0.2, 0.25) is 17.6 Å². The van der Waals surface area contributed by atoms with E-state index in [1.165, 1.54) is 5.56 Å². The van der Waals surface area contributed by atoms with Gasteiger partial charge in [-0.15, -0.1) is 0 Å². The Hall–Kier alpha value is -3.97. The average Bonchev–Trinajstić information content (AvgIpc) is 3.40. The fourth-order valence-corrected chi connectivity index (χ4v) is 4.90. The largest absolute Gasteiger partial charge is 0.497 e. The highest BCUT2D eigenvalue weighted by Gasteiger charge is 2.29. The summed E-state index contributed by atoms with van der Waals surface area (Å²) in [5, 5.41) is 7.48. The molecule has 190 valence electrons. The number of carbonyl (C=O) groups is 1. The Morgan fingerprint density at radius 1 is 1.08 bits per heavy atom. The zero-order valence-electron chi connectivity index (χ0n) is 21.3. The number of nitrogens with one attached hydrogen (secondary N) is 1.